The quantitative estimate of drug-likeness (QED) is 0.523. The van der Waals surface area contributed by atoms with Gasteiger partial charge in [-0.25, -0.2) is 8.78 Å². The van der Waals surface area contributed by atoms with E-state index >= 15 is 0 Å². The number of H-pyrrole nitrogens is 1. The van der Waals surface area contributed by atoms with Crippen molar-refractivity contribution in [3.05, 3.63) is 83.4 Å². The third-order valence-corrected chi connectivity index (χ3v) is 3.96. The van der Waals surface area contributed by atoms with E-state index in [2.05, 4.69) is 17.1 Å². The molecule has 0 unspecified atom stereocenters. The molecule has 3 heteroatoms. The summed E-state index contributed by atoms with van der Waals surface area (Å²) >= 11 is 0. The van der Waals surface area contributed by atoms with Crippen molar-refractivity contribution in [3.63, 3.8) is 0 Å². The molecule has 0 bridgehead atoms. The van der Waals surface area contributed by atoms with E-state index in [9.17, 15) is 8.78 Å². The number of hydrogen-bond donors (Lipinski definition) is 1. The molecule has 4 rings (SSSR count). The van der Waals surface area contributed by atoms with Crippen molar-refractivity contribution in [2.75, 3.05) is 0 Å². The molecule has 0 radical (unpaired) electrons. The van der Waals surface area contributed by atoms with E-state index in [1.165, 1.54) is 17.5 Å². The zero-order valence-electron chi connectivity index (χ0n) is 11.7. The van der Waals surface area contributed by atoms with Crippen LogP contribution in [0.4, 0.5) is 8.78 Å². The van der Waals surface area contributed by atoms with Gasteiger partial charge in [0.15, 0.2) is 11.6 Å². The fourth-order valence-electron chi connectivity index (χ4n) is 2.89. The van der Waals surface area contributed by atoms with Crippen LogP contribution in [0.15, 0.2) is 60.7 Å². The topological polar surface area (TPSA) is 15.8 Å². The first-order valence-corrected chi connectivity index (χ1v) is 7.14. The number of fused-ring (bicyclic) bond motifs is 3. The van der Waals surface area contributed by atoms with Gasteiger partial charge in [0.25, 0.3) is 0 Å². The molecule has 1 aromatic heterocycles. The van der Waals surface area contributed by atoms with Crippen molar-refractivity contribution >= 4 is 21.8 Å². The maximum absolute atomic E-state index is 13.3. The Morgan fingerprint density at radius 1 is 0.682 bits per heavy atom. The molecular formula is C19H13F2N. The summed E-state index contributed by atoms with van der Waals surface area (Å²) in [6.45, 7) is 0. The van der Waals surface area contributed by atoms with Gasteiger partial charge >= 0.3 is 0 Å². The van der Waals surface area contributed by atoms with Gasteiger partial charge in [-0.3, -0.25) is 0 Å². The Balaban J connectivity index is 1.78. The van der Waals surface area contributed by atoms with E-state index in [1.807, 2.05) is 30.3 Å². The van der Waals surface area contributed by atoms with Crippen molar-refractivity contribution in [2.24, 2.45) is 0 Å². The van der Waals surface area contributed by atoms with Gasteiger partial charge in [0.1, 0.15) is 0 Å². The van der Waals surface area contributed by atoms with Crippen LogP contribution < -0.4 is 0 Å². The molecule has 4 aromatic rings. The summed E-state index contributed by atoms with van der Waals surface area (Å²) in [6.07, 6.45) is 0.576. The Bertz CT molecular complexity index is 985. The second kappa shape index (κ2) is 4.95. The van der Waals surface area contributed by atoms with Crippen molar-refractivity contribution in [1.29, 1.82) is 0 Å². The first-order chi connectivity index (χ1) is 10.7. The maximum atomic E-state index is 13.3. The number of aromatic nitrogens is 1. The standard InChI is InChI=1S/C19H13F2N/c20-16-7-5-13(11-17(16)21)9-12-6-8-19-15(10-12)14-3-1-2-4-18(14)22-19/h1-8,10-11,22H,9H2. The lowest BCUT2D eigenvalue weighted by molar-refractivity contribution is 0.507. The highest BCUT2D eigenvalue weighted by molar-refractivity contribution is 6.07. The molecule has 1 nitrogen and oxygen atoms in total. The monoisotopic (exact) mass is 293 g/mol. The molecule has 0 spiro atoms. The molecule has 22 heavy (non-hydrogen) atoms. The number of aromatic amines is 1. The van der Waals surface area contributed by atoms with Gasteiger partial charge in [-0.05, 0) is 47.9 Å². The molecule has 108 valence electrons. The summed E-state index contributed by atoms with van der Waals surface area (Å²) in [6, 6.07) is 18.3. The lowest BCUT2D eigenvalue weighted by Gasteiger charge is -2.03. The smallest absolute Gasteiger partial charge is 0.159 e. The molecule has 3 aromatic carbocycles. The SMILES string of the molecule is Fc1ccc(Cc2ccc3[nH]c4ccccc4c3c2)cc1F. The van der Waals surface area contributed by atoms with Crippen LogP contribution >= 0.6 is 0 Å². The summed E-state index contributed by atoms with van der Waals surface area (Å²) in [5.41, 5.74) is 4.01. The van der Waals surface area contributed by atoms with Crippen LogP contribution in [-0.2, 0) is 6.42 Å². The van der Waals surface area contributed by atoms with Crippen LogP contribution in [0.2, 0.25) is 0 Å². The number of halogens is 2. The highest BCUT2D eigenvalue weighted by atomic mass is 19.2. The number of benzene rings is 3. The van der Waals surface area contributed by atoms with E-state index in [-0.39, 0.29) is 0 Å². The van der Waals surface area contributed by atoms with Crippen LogP contribution in [-0.4, -0.2) is 4.98 Å². The fourth-order valence-corrected chi connectivity index (χ4v) is 2.89. The Morgan fingerprint density at radius 3 is 2.27 bits per heavy atom. The number of nitrogens with one attached hydrogen (secondary N) is 1. The summed E-state index contributed by atoms with van der Waals surface area (Å²) in [7, 11) is 0. The first-order valence-electron chi connectivity index (χ1n) is 7.14. The van der Waals surface area contributed by atoms with Crippen LogP contribution in [0.5, 0.6) is 0 Å². The molecular weight excluding hydrogens is 280 g/mol. The summed E-state index contributed by atoms with van der Waals surface area (Å²) in [4.78, 5) is 3.38. The second-order valence-corrected chi connectivity index (χ2v) is 5.48. The van der Waals surface area contributed by atoms with Gasteiger partial charge in [0.05, 0.1) is 0 Å². The van der Waals surface area contributed by atoms with E-state index < -0.39 is 11.6 Å². The minimum Gasteiger partial charge on any atom is -0.355 e. The van der Waals surface area contributed by atoms with Gasteiger partial charge in [0, 0.05) is 21.8 Å². The second-order valence-electron chi connectivity index (χ2n) is 5.48. The van der Waals surface area contributed by atoms with Gasteiger partial charge in [0.2, 0.25) is 0 Å². The molecule has 0 atom stereocenters. The predicted octanol–water partition coefficient (Wildman–Crippen LogP) is 5.19. The van der Waals surface area contributed by atoms with E-state index in [0.717, 1.165) is 27.5 Å². The van der Waals surface area contributed by atoms with E-state index in [0.29, 0.717) is 6.42 Å². The Labute approximate surface area is 126 Å². The highest BCUT2D eigenvalue weighted by Gasteiger charge is 2.07. The number of hydrogen-bond acceptors (Lipinski definition) is 0. The lowest BCUT2D eigenvalue weighted by Crippen LogP contribution is -1.91. The average Bonchev–Trinajstić information content (AvgIpc) is 2.89. The number of rotatable bonds is 2. The number of para-hydroxylation sites is 1. The van der Waals surface area contributed by atoms with Crippen LogP contribution in [0.25, 0.3) is 21.8 Å². The Hall–Kier alpha value is -2.68. The third kappa shape index (κ3) is 2.15. The zero-order chi connectivity index (χ0) is 15.1. The molecule has 0 aliphatic carbocycles. The predicted molar refractivity (Wildman–Crippen MR) is 85.0 cm³/mol. The molecule has 0 aliphatic heterocycles. The third-order valence-electron chi connectivity index (χ3n) is 3.96. The highest BCUT2D eigenvalue weighted by Crippen LogP contribution is 2.26. The molecule has 0 aliphatic rings. The first kappa shape index (κ1) is 13.0. The lowest BCUT2D eigenvalue weighted by atomic mass is 10.0. The van der Waals surface area contributed by atoms with Crippen molar-refractivity contribution in [2.45, 2.75) is 6.42 Å². The molecule has 1 N–H and O–H groups in total. The Kier molecular flexibility index (Phi) is 2.93. The maximum Gasteiger partial charge on any atom is 0.159 e. The molecule has 0 saturated carbocycles. The normalized spacial score (nSPS) is 11.4. The van der Waals surface area contributed by atoms with Crippen molar-refractivity contribution in [1.82, 2.24) is 4.98 Å². The van der Waals surface area contributed by atoms with E-state index in [4.69, 9.17) is 0 Å². The van der Waals surface area contributed by atoms with Gasteiger partial charge in [-0.2, -0.15) is 0 Å². The van der Waals surface area contributed by atoms with Crippen molar-refractivity contribution in [3.8, 4) is 0 Å². The van der Waals surface area contributed by atoms with Crippen LogP contribution in [0.3, 0.4) is 0 Å². The summed E-state index contributed by atoms with van der Waals surface area (Å²) < 4.78 is 26.3. The minimum atomic E-state index is -0.809. The van der Waals surface area contributed by atoms with Crippen LogP contribution in [0.1, 0.15) is 11.1 Å². The molecule has 0 fully saturated rings. The van der Waals surface area contributed by atoms with E-state index in [1.54, 1.807) is 6.07 Å². The van der Waals surface area contributed by atoms with Crippen LogP contribution in [0, 0.1) is 11.6 Å². The van der Waals surface area contributed by atoms with Gasteiger partial charge in [-0.15, -0.1) is 0 Å². The molecule has 0 saturated heterocycles. The molecule has 0 amide bonds. The average molecular weight is 293 g/mol. The minimum absolute atomic E-state index is 0.576. The summed E-state index contributed by atoms with van der Waals surface area (Å²) in [5.74, 6) is -1.61. The van der Waals surface area contributed by atoms with Gasteiger partial charge in [-0.1, -0.05) is 30.3 Å². The largest absolute Gasteiger partial charge is 0.355 e. The Morgan fingerprint density at radius 2 is 1.41 bits per heavy atom. The van der Waals surface area contributed by atoms with Crippen molar-refractivity contribution < 1.29 is 8.78 Å². The summed E-state index contributed by atoms with van der Waals surface area (Å²) in [5, 5.41) is 2.32. The zero-order valence-corrected chi connectivity index (χ0v) is 11.7. The fraction of sp³-hybridized carbons (Fsp3) is 0.0526. The molecule has 1 heterocycles. The van der Waals surface area contributed by atoms with Gasteiger partial charge < -0.3 is 4.98 Å².